The van der Waals surface area contributed by atoms with E-state index in [1.54, 1.807) is 0 Å². The molecular formula is C13H31N3. The third-order valence-corrected chi connectivity index (χ3v) is 3.27. The van der Waals surface area contributed by atoms with Gasteiger partial charge in [0.1, 0.15) is 0 Å². The summed E-state index contributed by atoms with van der Waals surface area (Å²) < 4.78 is 0. The molecule has 0 aliphatic carbocycles. The van der Waals surface area contributed by atoms with Crippen molar-refractivity contribution in [3.63, 3.8) is 0 Å². The van der Waals surface area contributed by atoms with Crippen LogP contribution in [-0.4, -0.2) is 63.2 Å². The Balaban J connectivity index is 4.15. The van der Waals surface area contributed by atoms with Crippen LogP contribution in [0, 0.1) is 5.92 Å². The van der Waals surface area contributed by atoms with Crippen LogP contribution in [0.25, 0.3) is 0 Å². The first-order valence-electron chi connectivity index (χ1n) is 6.56. The van der Waals surface area contributed by atoms with Crippen molar-refractivity contribution >= 4 is 0 Å². The number of rotatable bonds is 9. The molecule has 2 atom stereocenters. The lowest BCUT2D eigenvalue weighted by atomic mass is 10.0. The van der Waals surface area contributed by atoms with Crippen LogP contribution < -0.4 is 5.32 Å². The maximum atomic E-state index is 3.27. The second-order valence-corrected chi connectivity index (χ2v) is 5.11. The molecule has 0 bridgehead atoms. The molecule has 0 aromatic rings. The minimum absolute atomic E-state index is 0.660. The van der Waals surface area contributed by atoms with Crippen LogP contribution in [0.5, 0.6) is 0 Å². The maximum absolute atomic E-state index is 3.27. The van der Waals surface area contributed by atoms with Gasteiger partial charge in [0.15, 0.2) is 0 Å². The Hall–Kier alpha value is -0.120. The predicted octanol–water partition coefficient (Wildman–Crippen LogP) is 1.50. The summed E-state index contributed by atoms with van der Waals surface area (Å²) in [6.07, 6.45) is 1.24. The summed E-state index contributed by atoms with van der Waals surface area (Å²) in [6.45, 7) is 11.6. The van der Waals surface area contributed by atoms with Gasteiger partial charge < -0.3 is 10.2 Å². The molecule has 0 heterocycles. The molecule has 0 saturated carbocycles. The van der Waals surface area contributed by atoms with Crippen LogP contribution in [0.15, 0.2) is 0 Å². The lowest BCUT2D eigenvalue weighted by molar-refractivity contribution is 0.148. The van der Waals surface area contributed by atoms with Gasteiger partial charge in [-0.25, -0.2) is 0 Å². The highest BCUT2D eigenvalue weighted by Gasteiger charge is 2.18. The highest BCUT2D eigenvalue weighted by atomic mass is 15.2. The maximum Gasteiger partial charge on any atom is 0.0112 e. The Bertz CT molecular complexity index is 159. The third kappa shape index (κ3) is 6.46. The molecule has 3 nitrogen and oxygen atoms in total. The van der Waals surface area contributed by atoms with Gasteiger partial charge in [0, 0.05) is 19.1 Å². The van der Waals surface area contributed by atoms with Gasteiger partial charge in [0.2, 0.25) is 0 Å². The quantitative estimate of drug-likeness (QED) is 0.646. The smallest absolute Gasteiger partial charge is 0.0112 e. The van der Waals surface area contributed by atoms with Crippen molar-refractivity contribution in [2.75, 3.05) is 47.3 Å². The molecule has 0 aliphatic heterocycles. The Morgan fingerprint density at radius 1 is 1.06 bits per heavy atom. The summed E-state index contributed by atoms with van der Waals surface area (Å²) >= 11 is 0. The molecular weight excluding hydrogens is 198 g/mol. The molecule has 0 fully saturated rings. The number of nitrogens with one attached hydrogen (secondary N) is 1. The summed E-state index contributed by atoms with van der Waals surface area (Å²) in [6, 6.07) is 0.660. The average Bonchev–Trinajstić information content (AvgIpc) is 2.23. The second kappa shape index (κ2) is 8.97. The Kier molecular flexibility index (Phi) is 8.90. The van der Waals surface area contributed by atoms with Gasteiger partial charge in [-0.05, 0) is 53.5 Å². The molecule has 2 unspecified atom stereocenters. The Morgan fingerprint density at radius 2 is 1.69 bits per heavy atom. The van der Waals surface area contributed by atoms with E-state index in [1.807, 2.05) is 7.05 Å². The highest BCUT2D eigenvalue weighted by molar-refractivity contribution is 4.74. The molecule has 1 N–H and O–H groups in total. The van der Waals surface area contributed by atoms with Gasteiger partial charge in [0.25, 0.3) is 0 Å². The SMILES string of the molecule is CCCN(CCN(C)C)C(C)C(C)CNC. The molecule has 0 aromatic carbocycles. The molecule has 0 amide bonds. The van der Waals surface area contributed by atoms with Crippen molar-refractivity contribution in [3.8, 4) is 0 Å². The first-order valence-corrected chi connectivity index (χ1v) is 6.56. The monoisotopic (exact) mass is 229 g/mol. The van der Waals surface area contributed by atoms with Gasteiger partial charge in [-0.1, -0.05) is 13.8 Å². The molecule has 0 spiro atoms. The van der Waals surface area contributed by atoms with Gasteiger partial charge in [-0.2, -0.15) is 0 Å². The van der Waals surface area contributed by atoms with Gasteiger partial charge in [-0.3, -0.25) is 4.90 Å². The second-order valence-electron chi connectivity index (χ2n) is 5.11. The van der Waals surface area contributed by atoms with Crippen molar-refractivity contribution in [2.45, 2.75) is 33.2 Å². The van der Waals surface area contributed by atoms with E-state index < -0.39 is 0 Å². The van der Waals surface area contributed by atoms with Crippen LogP contribution >= 0.6 is 0 Å². The van der Waals surface area contributed by atoms with E-state index in [2.05, 4.69) is 50.0 Å². The minimum atomic E-state index is 0.660. The van der Waals surface area contributed by atoms with E-state index in [-0.39, 0.29) is 0 Å². The van der Waals surface area contributed by atoms with Gasteiger partial charge in [-0.15, -0.1) is 0 Å². The first kappa shape index (κ1) is 15.9. The molecule has 3 heteroatoms. The van der Waals surface area contributed by atoms with Crippen LogP contribution in [0.2, 0.25) is 0 Å². The minimum Gasteiger partial charge on any atom is -0.319 e. The number of nitrogens with zero attached hydrogens (tertiary/aromatic N) is 2. The zero-order valence-corrected chi connectivity index (χ0v) is 12.1. The van der Waals surface area contributed by atoms with Crippen molar-refractivity contribution in [2.24, 2.45) is 5.92 Å². The number of likely N-dealkylation sites (N-methyl/N-ethyl adjacent to an activating group) is 1. The zero-order valence-electron chi connectivity index (χ0n) is 12.1. The topological polar surface area (TPSA) is 18.5 Å². The van der Waals surface area contributed by atoms with E-state index in [4.69, 9.17) is 0 Å². The summed E-state index contributed by atoms with van der Waals surface area (Å²) in [4.78, 5) is 4.88. The van der Waals surface area contributed by atoms with Crippen LogP contribution in [0.4, 0.5) is 0 Å². The largest absolute Gasteiger partial charge is 0.319 e. The molecule has 16 heavy (non-hydrogen) atoms. The molecule has 0 radical (unpaired) electrons. The lowest BCUT2D eigenvalue weighted by Crippen LogP contribution is -2.44. The van der Waals surface area contributed by atoms with Crippen molar-refractivity contribution in [1.29, 1.82) is 0 Å². The van der Waals surface area contributed by atoms with E-state index in [1.165, 1.54) is 19.5 Å². The zero-order chi connectivity index (χ0) is 12.6. The molecule has 0 aromatic heterocycles. The Morgan fingerprint density at radius 3 is 2.12 bits per heavy atom. The molecule has 0 saturated heterocycles. The van der Waals surface area contributed by atoms with Crippen LogP contribution in [0.1, 0.15) is 27.2 Å². The van der Waals surface area contributed by atoms with Crippen molar-refractivity contribution in [3.05, 3.63) is 0 Å². The normalized spacial score (nSPS) is 15.8. The summed E-state index contributed by atoms with van der Waals surface area (Å²) in [5.74, 6) is 0.707. The number of hydrogen-bond acceptors (Lipinski definition) is 3. The third-order valence-electron chi connectivity index (χ3n) is 3.27. The van der Waals surface area contributed by atoms with E-state index >= 15 is 0 Å². The van der Waals surface area contributed by atoms with Gasteiger partial charge in [0.05, 0.1) is 0 Å². The fourth-order valence-corrected chi connectivity index (χ4v) is 1.99. The predicted molar refractivity (Wildman–Crippen MR) is 73.0 cm³/mol. The van der Waals surface area contributed by atoms with E-state index in [0.717, 1.165) is 13.1 Å². The highest BCUT2D eigenvalue weighted by Crippen LogP contribution is 2.10. The van der Waals surface area contributed by atoms with Crippen molar-refractivity contribution < 1.29 is 0 Å². The summed E-state index contributed by atoms with van der Waals surface area (Å²) in [5, 5.41) is 3.27. The molecule has 0 aliphatic rings. The fraction of sp³-hybridized carbons (Fsp3) is 1.00. The Labute approximate surface area is 102 Å². The van der Waals surface area contributed by atoms with Crippen LogP contribution in [0.3, 0.4) is 0 Å². The fourth-order valence-electron chi connectivity index (χ4n) is 1.99. The lowest BCUT2D eigenvalue weighted by Gasteiger charge is -2.33. The van der Waals surface area contributed by atoms with E-state index in [0.29, 0.717) is 12.0 Å². The number of hydrogen-bond donors (Lipinski definition) is 1. The van der Waals surface area contributed by atoms with Gasteiger partial charge >= 0.3 is 0 Å². The van der Waals surface area contributed by atoms with Crippen molar-refractivity contribution in [1.82, 2.24) is 15.1 Å². The summed E-state index contributed by atoms with van der Waals surface area (Å²) in [7, 11) is 6.32. The van der Waals surface area contributed by atoms with E-state index in [9.17, 15) is 0 Å². The summed E-state index contributed by atoms with van der Waals surface area (Å²) in [5.41, 5.74) is 0. The first-order chi connectivity index (χ1) is 7.52. The average molecular weight is 229 g/mol. The standard InChI is InChI=1S/C13H31N3/c1-7-8-16(10-9-15(5)6)13(3)12(2)11-14-4/h12-14H,7-11H2,1-6H3. The van der Waals surface area contributed by atoms with Crippen LogP contribution in [-0.2, 0) is 0 Å². The molecule has 98 valence electrons. The molecule has 0 rings (SSSR count).